The van der Waals surface area contributed by atoms with Gasteiger partial charge in [-0.2, -0.15) is 0 Å². The predicted molar refractivity (Wildman–Crippen MR) is 113 cm³/mol. The van der Waals surface area contributed by atoms with Gasteiger partial charge in [0.05, 0.1) is 11.1 Å². The Bertz CT molecular complexity index is 934. The Labute approximate surface area is 171 Å². The largest absolute Gasteiger partial charge is 0.365 e. The van der Waals surface area contributed by atoms with Gasteiger partial charge in [0.2, 0.25) is 5.91 Å². The van der Waals surface area contributed by atoms with Gasteiger partial charge in [-0.05, 0) is 44.2 Å². The molecule has 2 aliphatic carbocycles. The number of aromatic nitrogens is 1. The van der Waals surface area contributed by atoms with Crippen molar-refractivity contribution >= 4 is 28.5 Å². The van der Waals surface area contributed by atoms with Gasteiger partial charge in [0.25, 0.3) is 5.91 Å². The Morgan fingerprint density at radius 1 is 1.00 bits per heavy atom. The number of likely N-dealkylation sites (tertiary alicyclic amines) is 1. The molecule has 2 saturated carbocycles. The highest BCUT2D eigenvalue weighted by Gasteiger charge is 2.32. The second kappa shape index (κ2) is 7.65. The maximum Gasteiger partial charge on any atom is 0.252 e. The lowest BCUT2D eigenvalue weighted by Crippen LogP contribution is -2.35. The van der Waals surface area contributed by atoms with Gasteiger partial charge in [-0.25, -0.2) is 4.98 Å². The van der Waals surface area contributed by atoms with Crippen LogP contribution in [0.3, 0.4) is 0 Å². The predicted octanol–water partition coefficient (Wildman–Crippen LogP) is 3.33. The van der Waals surface area contributed by atoms with Crippen LogP contribution in [0.5, 0.6) is 0 Å². The number of nitrogens with zero attached hydrogens (tertiary/aromatic N) is 2. The normalized spacial score (nSPS) is 22.2. The number of rotatable bonds is 5. The number of carbonyl (C=O) groups is 2. The Kier molecular flexibility index (Phi) is 4.86. The molecule has 1 atom stereocenters. The monoisotopic (exact) mass is 392 g/mol. The van der Waals surface area contributed by atoms with Crippen molar-refractivity contribution in [2.45, 2.75) is 57.0 Å². The molecule has 0 spiro atoms. The van der Waals surface area contributed by atoms with E-state index in [4.69, 9.17) is 4.98 Å². The Balaban J connectivity index is 1.32. The number of para-hydroxylation sites is 1. The highest BCUT2D eigenvalue weighted by atomic mass is 16.2. The Hall–Kier alpha value is -2.63. The maximum absolute atomic E-state index is 12.8. The van der Waals surface area contributed by atoms with E-state index in [0.717, 1.165) is 49.6 Å². The third-order valence-corrected chi connectivity index (χ3v) is 6.43. The minimum atomic E-state index is -0.0291. The molecule has 2 heterocycles. The van der Waals surface area contributed by atoms with Crippen molar-refractivity contribution < 1.29 is 9.59 Å². The molecule has 1 saturated heterocycles. The number of nitrogens with one attached hydrogen (secondary N) is 2. The smallest absolute Gasteiger partial charge is 0.252 e. The molecule has 5 rings (SSSR count). The summed E-state index contributed by atoms with van der Waals surface area (Å²) in [6, 6.07) is 10.1. The number of anilines is 1. The van der Waals surface area contributed by atoms with Crippen molar-refractivity contribution in [3.63, 3.8) is 0 Å². The number of pyridine rings is 1. The summed E-state index contributed by atoms with van der Waals surface area (Å²) in [4.78, 5) is 32.2. The highest BCUT2D eigenvalue weighted by molar-refractivity contribution is 6.07. The molecule has 0 bridgehead atoms. The summed E-state index contributed by atoms with van der Waals surface area (Å²) in [5.41, 5.74) is 1.48. The summed E-state index contributed by atoms with van der Waals surface area (Å²) < 4.78 is 0. The number of fused-ring (bicyclic) bond motifs is 1. The summed E-state index contributed by atoms with van der Waals surface area (Å²) in [5, 5.41) is 7.45. The van der Waals surface area contributed by atoms with Crippen LogP contribution in [0, 0.1) is 5.92 Å². The van der Waals surface area contributed by atoms with Crippen molar-refractivity contribution in [3.05, 3.63) is 35.9 Å². The van der Waals surface area contributed by atoms with Gasteiger partial charge < -0.3 is 15.5 Å². The standard InChI is InChI=1S/C23H28N4O2/c28-22(25-16-9-10-16)19-13-21(26-20-8-4-3-7-18(19)20)24-17-11-12-27(14-17)23(29)15-5-1-2-6-15/h3-4,7-8,13,15-17H,1-2,5-6,9-12,14H2,(H,24,26)(H,25,28). The van der Waals surface area contributed by atoms with Crippen LogP contribution in [0.15, 0.2) is 30.3 Å². The van der Waals surface area contributed by atoms with Crippen LogP contribution in [0.4, 0.5) is 5.82 Å². The van der Waals surface area contributed by atoms with Crippen molar-refractivity contribution in [2.75, 3.05) is 18.4 Å². The molecule has 1 aliphatic heterocycles. The lowest BCUT2D eigenvalue weighted by Gasteiger charge is -2.21. The fourth-order valence-electron chi connectivity index (χ4n) is 4.65. The zero-order chi connectivity index (χ0) is 19.8. The van der Waals surface area contributed by atoms with Crippen LogP contribution in [-0.4, -0.2) is 46.9 Å². The van der Waals surface area contributed by atoms with Crippen LogP contribution >= 0.6 is 0 Å². The Morgan fingerprint density at radius 3 is 2.59 bits per heavy atom. The molecular weight excluding hydrogens is 364 g/mol. The molecule has 1 aromatic heterocycles. The molecule has 6 nitrogen and oxygen atoms in total. The molecule has 3 fully saturated rings. The first kappa shape index (κ1) is 18.4. The summed E-state index contributed by atoms with van der Waals surface area (Å²) in [6.07, 6.45) is 7.48. The highest BCUT2D eigenvalue weighted by Crippen LogP contribution is 2.29. The quantitative estimate of drug-likeness (QED) is 0.819. The van der Waals surface area contributed by atoms with Crippen LogP contribution < -0.4 is 10.6 Å². The van der Waals surface area contributed by atoms with Crippen LogP contribution in [0.1, 0.15) is 55.3 Å². The second-order valence-corrected chi connectivity index (χ2v) is 8.72. The van der Waals surface area contributed by atoms with E-state index in [9.17, 15) is 9.59 Å². The third-order valence-electron chi connectivity index (χ3n) is 6.43. The zero-order valence-electron chi connectivity index (χ0n) is 16.7. The van der Waals surface area contributed by atoms with E-state index in [1.165, 1.54) is 12.8 Å². The van der Waals surface area contributed by atoms with E-state index in [1.54, 1.807) is 0 Å². The summed E-state index contributed by atoms with van der Waals surface area (Å²) in [5.74, 6) is 1.23. The minimum absolute atomic E-state index is 0.0291. The van der Waals surface area contributed by atoms with Gasteiger partial charge in [-0.1, -0.05) is 31.0 Å². The molecule has 152 valence electrons. The fourth-order valence-corrected chi connectivity index (χ4v) is 4.65. The average Bonchev–Trinajstić information content (AvgIpc) is 3.20. The topological polar surface area (TPSA) is 74.3 Å². The van der Waals surface area contributed by atoms with Crippen molar-refractivity contribution in [1.82, 2.24) is 15.2 Å². The average molecular weight is 393 g/mol. The van der Waals surface area contributed by atoms with E-state index < -0.39 is 0 Å². The van der Waals surface area contributed by atoms with Crippen LogP contribution in [-0.2, 0) is 4.79 Å². The number of hydrogen-bond acceptors (Lipinski definition) is 4. The van der Waals surface area contributed by atoms with Gasteiger partial charge in [0.15, 0.2) is 0 Å². The first-order chi connectivity index (χ1) is 14.2. The number of benzene rings is 1. The van der Waals surface area contributed by atoms with Gasteiger partial charge in [-0.3, -0.25) is 9.59 Å². The summed E-state index contributed by atoms with van der Waals surface area (Å²) >= 11 is 0. The summed E-state index contributed by atoms with van der Waals surface area (Å²) in [7, 11) is 0. The number of hydrogen-bond donors (Lipinski definition) is 2. The van der Waals surface area contributed by atoms with Gasteiger partial charge in [0.1, 0.15) is 5.82 Å². The molecule has 29 heavy (non-hydrogen) atoms. The van der Waals surface area contributed by atoms with Crippen LogP contribution in [0.2, 0.25) is 0 Å². The van der Waals surface area contributed by atoms with E-state index in [1.807, 2.05) is 35.2 Å². The number of amides is 2. The zero-order valence-corrected chi connectivity index (χ0v) is 16.7. The van der Waals surface area contributed by atoms with E-state index in [2.05, 4.69) is 10.6 Å². The van der Waals surface area contributed by atoms with E-state index in [-0.39, 0.29) is 17.9 Å². The van der Waals surface area contributed by atoms with Crippen molar-refractivity contribution in [1.29, 1.82) is 0 Å². The van der Waals surface area contributed by atoms with Crippen molar-refractivity contribution in [2.24, 2.45) is 5.92 Å². The lowest BCUT2D eigenvalue weighted by atomic mass is 10.1. The van der Waals surface area contributed by atoms with Gasteiger partial charge >= 0.3 is 0 Å². The maximum atomic E-state index is 12.8. The lowest BCUT2D eigenvalue weighted by molar-refractivity contribution is -0.134. The second-order valence-electron chi connectivity index (χ2n) is 8.72. The number of carbonyl (C=O) groups excluding carboxylic acids is 2. The van der Waals surface area contributed by atoms with Gasteiger partial charge in [0, 0.05) is 36.5 Å². The SMILES string of the molecule is O=C(NC1CC1)c1cc(NC2CCN(C(=O)C3CCCC3)C2)nc2ccccc12. The van der Waals surface area contributed by atoms with Crippen molar-refractivity contribution in [3.8, 4) is 0 Å². The van der Waals surface area contributed by atoms with E-state index >= 15 is 0 Å². The molecule has 0 radical (unpaired) electrons. The molecular formula is C23H28N4O2. The minimum Gasteiger partial charge on any atom is -0.365 e. The third kappa shape index (κ3) is 3.93. The molecule has 1 aromatic carbocycles. The molecule has 2 N–H and O–H groups in total. The fraction of sp³-hybridized carbons (Fsp3) is 0.522. The molecule has 3 aliphatic rings. The Morgan fingerprint density at radius 2 is 1.79 bits per heavy atom. The molecule has 6 heteroatoms. The first-order valence-corrected chi connectivity index (χ1v) is 10.9. The van der Waals surface area contributed by atoms with Gasteiger partial charge in [-0.15, -0.1) is 0 Å². The summed E-state index contributed by atoms with van der Waals surface area (Å²) in [6.45, 7) is 1.52. The molecule has 1 unspecified atom stereocenters. The first-order valence-electron chi connectivity index (χ1n) is 10.9. The van der Waals surface area contributed by atoms with E-state index in [0.29, 0.717) is 29.9 Å². The van der Waals surface area contributed by atoms with Crippen LogP contribution in [0.25, 0.3) is 10.9 Å². The molecule has 2 aromatic rings. The molecule has 2 amide bonds.